The first-order valence-electron chi connectivity index (χ1n) is 10.0. The molecule has 2 aromatic rings. The fraction of sp³-hybridized carbons (Fsp3) is 0.429. The maximum atomic E-state index is 12.8. The molecule has 10 heteroatoms. The summed E-state index contributed by atoms with van der Waals surface area (Å²) in [5.74, 6) is 0.754. The van der Waals surface area contributed by atoms with E-state index in [1.165, 1.54) is 18.5 Å². The van der Waals surface area contributed by atoms with Gasteiger partial charge in [-0.3, -0.25) is 9.03 Å². The molecule has 0 bridgehead atoms. The largest absolute Gasteiger partial charge is 0.493 e. The number of ether oxygens (including phenoxy) is 2. The zero-order valence-corrected chi connectivity index (χ0v) is 19.6. The summed E-state index contributed by atoms with van der Waals surface area (Å²) in [6, 6.07) is 9.99. The molecular weight excluding hydrogens is 440 g/mol. The molecule has 0 aliphatic carbocycles. The molecule has 0 unspecified atom stereocenters. The number of methoxy groups -OCH3 is 2. The molecule has 8 nitrogen and oxygen atoms in total. The number of rotatable bonds is 9. The number of sulfonamides is 2. The molecule has 3 rings (SSSR count). The minimum atomic E-state index is -3.74. The van der Waals surface area contributed by atoms with E-state index < -0.39 is 20.0 Å². The Morgan fingerprint density at radius 3 is 2.42 bits per heavy atom. The molecule has 170 valence electrons. The standard InChI is InChI=1S/C21H28N2O6S2/c1-4-12-31(26,27)23-11-5-6-17-8-9-18(14-19(17)23)22-30(24,25)15-16-7-10-20(28-2)21(13-16)29-3/h7-10,13-14,22H,4-6,11-12,15H2,1-3H3. The van der Waals surface area contributed by atoms with E-state index in [-0.39, 0.29) is 11.5 Å². The fourth-order valence-electron chi connectivity index (χ4n) is 3.67. The van der Waals surface area contributed by atoms with Crippen LogP contribution in [0.4, 0.5) is 11.4 Å². The number of hydrogen-bond donors (Lipinski definition) is 1. The van der Waals surface area contributed by atoms with E-state index in [2.05, 4.69) is 4.72 Å². The Morgan fingerprint density at radius 1 is 1.00 bits per heavy atom. The monoisotopic (exact) mass is 468 g/mol. The Kier molecular flexibility index (Phi) is 7.00. The lowest BCUT2D eigenvalue weighted by Crippen LogP contribution is -2.37. The lowest BCUT2D eigenvalue weighted by molar-refractivity contribution is 0.354. The summed E-state index contributed by atoms with van der Waals surface area (Å²) in [6.45, 7) is 2.22. The molecule has 0 aromatic heterocycles. The third-order valence-corrected chi connectivity index (χ3v) is 8.27. The van der Waals surface area contributed by atoms with Crippen LogP contribution in [0.15, 0.2) is 36.4 Å². The number of nitrogens with zero attached hydrogens (tertiary/aromatic N) is 1. The van der Waals surface area contributed by atoms with Gasteiger partial charge in [-0.15, -0.1) is 0 Å². The van der Waals surface area contributed by atoms with Gasteiger partial charge in [0, 0.05) is 6.54 Å². The van der Waals surface area contributed by atoms with Crippen molar-refractivity contribution >= 4 is 31.4 Å². The Morgan fingerprint density at radius 2 is 1.74 bits per heavy atom. The number of benzene rings is 2. The summed E-state index contributed by atoms with van der Waals surface area (Å²) in [5, 5.41) is 0. The van der Waals surface area contributed by atoms with E-state index in [0.29, 0.717) is 41.4 Å². The number of anilines is 2. The maximum absolute atomic E-state index is 12.8. The lowest BCUT2D eigenvalue weighted by Gasteiger charge is -2.31. The van der Waals surface area contributed by atoms with E-state index in [1.807, 2.05) is 6.92 Å². The number of hydrogen-bond acceptors (Lipinski definition) is 6. The Balaban J connectivity index is 1.84. The van der Waals surface area contributed by atoms with Crippen LogP contribution in [-0.2, 0) is 32.2 Å². The van der Waals surface area contributed by atoms with Gasteiger partial charge in [0.05, 0.1) is 37.1 Å². The first kappa shape index (κ1) is 23.2. The van der Waals surface area contributed by atoms with Crippen LogP contribution in [-0.4, -0.2) is 43.4 Å². The Labute approximate surface area is 184 Å². The summed E-state index contributed by atoms with van der Waals surface area (Å²) in [6.07, 6.45) is 2.01. The van der Waals surface area contributed by atoms with Crippen LogP contribution in [0.5, 0.6) is 11.5 Å². The van der Waals surface area contributed by atoms with Gasteiger partial charge in [-0.25, -0.2) is 16.8 Å². The molecule has 0 saturated heterocycles. The SMILES string of the molecule is CCCS(=O)(=O)N1CCCc2ccc(NS(=O)(=O)Cc3ccc(OC)c(OC)c3)cc21. The molecule has 0 fully saturated rings. The van der Waals surface area contributed by atoms with Gasteiger partial charge in [0.2, 0.25) is 20.0 Å². The minimum absolute atomic E-state index is 0.0572. The first-order valence-corrected chi connectivity index (χ1v) is 13.3. The average Bonchev–Trinajstić information content (AvgIpc) is 2.72. The van der Waals surface area contributed by atoms with Crippen LogP contribution in [0.25, 0.3) is 0 Å². The van der Waals surface area contributed by atoms with Gasteiger partial charge in [0.25, 0.3) is 0 Å². The van der Waals surface area contributed by atoms with Crippen molar-refractivity contribution < 1.29 is 26.3 Å². The molecule has 0 radical (unpaired) electrons. The van der Waals surface area contributed by atoms with Crippen LogP contribution < -0.4 is 18.5 Å². The summed E-state index contributed by atoms with van der Waals surface area (Å²) in [7, 11) is -4.18. The minimum Gasteiger partial charge on any atom is -0.493 e. The van der Waals surface area contributed by atoms with E-state index in [9.17, 15) is 16.8 Å². The van der Waals surface area contributed by atoms with Gasteiger partial charge in [0.15, 0.2) is 11.5 Å². The third kappa shape index (κ3) is 5.43. The zero-order chi connectivity index (χ0) is 22.6. The molecule has 31 heavy (non-hydrogen) atoms. The molecule has 1 N–H and O–H groups in total. The highest BCUT2D eigenvalue weighted by Gasteiger charge is 2.27. The number of nitrogens with one attached hydrogen (secondary N) is 1. The van der Waals surface area contributed by atoms with E-state index in [0.717, 1.165) is 18.4 Å². The molecule has 1 heterocycles. The molecule has 1 aliphatic heterocycles. The lowest BCUT2D eigenvalue weighted by atomic mass is 10.0. The van der Waals surface area contributed by atoms with Gasteiger partial charge in [-0.1, -0.05) is 19.1 Å². The maximum Gasteiger partial charge on any atom is 0.236 e. The summed E-state index contributed by atoms with van der Waals surface area (Å²) < 4.78 is 65.2. The van der Waals surface area contributed by atoms with Gasteiger partial charge >= 0.3 is 0 Å². The summed E-state index contributed by atoms with van der Waals surface area (Å²) >= 11 is 0. The van der Waals surface area contributed by atoms with Crippen molar-refractivity contribution in [1.29, 1.82) is 0 Å². The fourth-order valence-corrected chi connectivity index (χ4v) is 6.46. The van der Waals surface area contributed by atoms with Crippen molar-refractivity contribution in [3.63, 3.8) is 0 Å². The normalized spacial score (nSPS) is 14.1. The summed E-state index contributed by atoms with van der Waals surface area (Å²) in [4.78, 5) is 0. The quantitative estimate of drug-likeness (QED) is 0.607. The van der Waals surface area contributed by atoms with Crippen molar-refractivity contribution in [2.24, 2.45) is 0 Å². The van der Waals surface area contributed by atoms with Crippen LogP contribution in [0, 0.1) is 0 Å². The highest BCUT2D eigenvalue weighted by Crippen LogP contribution is 2.33. The highest BCUT2D eigenvalue weighted by molar-refractivity contribution is 7.92. The van der Waals surface area contributed by atoms with Crippen LogP contribution >= 0.6 is 0 Å². The Bertz CT molecular complexity index is 1150. The second kappa shape index (κ2) is 9.35. The second-order valence-electron chi connectivity index (χ2n) is 7.39. The average molecular weight is 469 g/mol. The third-order valence-electron chi connectivity index (χ3n) is 5.04. The van der Waals surface area contributed by atoms with Crippen LogP contribution in [0.2, 0.25) is 0 Å². The molecule has 0 amide bonds. The topological polar surface area (TPSA) is 102 Å². The van der Waals surface area contributed by atoms with Crippen molar-refractivity contribution in [2.75, 3.05) is 35.5 Å². The van der Waals surface area contributed by atoms with E-state index >= 15 is 0 Å². The predicted octanol–water partition coefficient (Wildman–Crippen LogP) is 3.14. The van der Waals surface area contributed by atoms with Gasteiger partial charge in [0.1, 0.15) is 0 Å². The second-order valence-corrected chi connectivity index (χ2v) is 11.1. The van der Waals surface area contributed by atoms with Crippen LogP contribution in [0.1, 0.15) is 30.9 Å². The van der Waals surface area contributed by atoms with Crippen molar-refractivity contribution in [2.45, 2.75) is 31.9 Å². The molecular formula is C21H28N2O6S2. The van der Waals surface area contributed by atoms with Gasteiger partial charge in [-0.05, 0) is 54.7 Å². The predicted molar refractivity (Wildman–Crippen MR) is 122 cm³/mol. The zero-order valence-electron chi connectivity index (χ0n) is 17.9. The van der Waals surface area contributed by atoms with Crippen molar-refractivity contribution in [3.8, 4) is 11.5 Å². The van der Waals surface area contributed by atoms with E-state index in [1.54, 1.807) is 36.4 Å². The van der Waals surface area contributed by atoms with Gasteiger partial charge < -0.3 is 9.47 Å². The van der Waals surface area contributed by atoms with Crippen LogP contribution in [0.3, 0.4) is 0 Å². The molecule has 2 aromatic carbocycles. The number of aryl methyl sites for hydroxylation is 1. The Hall–Kier alpha value is -2.46. The van der Waals surface area contributed by atoms with E-state index in [4.69, 9.17) is 9.47 Å². The van der Waals surface area contributed by atoms with Crippen molar-refractivity contribution in [1.82, 2.24) is 0 Å². The van der Waals surface area contributed by atoms with Crippen molar-refractivity contribution in [3.05, 3.63) is 47.5 Å². The van der Waals surface area contributed by atoms with Gasteiger partial charge in [-0.2, -0.15) is 0 Å². The molecule has 1 aliphatic rings. The molecule has 0 spiro atoms. The molecule has 0 saturated carbocycles. The summed E-state index contributed by atoms with van der Waals surface area (Å²) in [5.41, 5.74) is 2.31. The smallest absolute Gasteiger partial charge is 0.236 e. The highest BCUT2D eigenvalue weighted by atomic mass is 32.2. The number of fused-ring (bicyclic) bond motifs is 1. The first-order chi connectivity index (χ1) is 14.7. The molecule has 0 atom stereocenters.